The molecule has 0 radical (unpaired) electrons. The molecule has 158 valence electrons. The molecule has 0 bridgehead atoms. The van der Waals surface area contributed by atoms with Crippen LogP contribution < -0.4 is 9.64 Å². The fourth-order valence-corrected chi connectivity index (χ4v) is 5.03. The summed E-state index contributed by atoms with van der Waals surface area (Å²) in [6.07, 6.45) is 3.09. The van der Waals surface area contributed by atoms with Crippen molar-refractivity contribution < 1.29 is 14.3 Å². The van der Waals surface area contributed by atoms with Crippen LogP contribution >= 0.6 is 23.2 Å². The predicted molar refractivity (Wildman–Crippen MR) is 119 cm³/mol. The van der Waals surface area contributed by atoms with Crippen molar-refractivity contribution in [3.63, 3.8) is 0 Å². The van der Waals surface area contributed by atoms with Crippen LogP contribution in [0.4, 0.5) is 5.69 Å². The van der Waals surface area contributed by atoms with Crippen LogP contribution in [0.3, 0.4) is 0 Å². The third-order valence-electron chi connectivity index (χ3n) is 6.28. The lowest BCUT2D eigenvalue weighted by atomic mass is 9.71. The van der Waals surface area contributed by atoms with E-state index in [1.165, 1.54) is 7.11 Å². The smallest absolute Gasteiger partial charge is 0.255 e. The van der Waals surface area contributed by atoms with E-state index < -0.39 is 5.41 Å². The van der Waals surface area contributed by atoms with E-state index in [9.17, 15) is 9.59 Å². The summed E-state index contributed by atoms with van der Waals surface area (Å²) in [5.41, 5.74) is 0.853. The number of nitrogens with zero attached hydrogens (tertiary/aromatic N) is 2. The van der Waals surface area contributed by atoms with Crippen molar-refractivity contribution >= 4 is 40.7 Å². The minimum atomic E-state index is -0.421. The minimum Gasteiger partial charge on any atom is -0.495 e. The molecule has 0 unspecified atom stereocenters. The molecule has 2 heterocycles. The van der Waals surface area contributed by atoms with E-state index >= 15 is 0 Å². The number of methoxy groups -OCH3 is 1. The highest BCUT2D eigenvalue weighted by Gasteiger charge is 2.46. The van der Waals surface area contributed by atoms with Gasteiger partial charge in [-0.3, -0.25) is 9.59 Å². The average molecular weight is 447 g/mol. The summed E-state index contributed by atoms with van der Waals surface area (Å²) in [6, 6.07) is 12.6. The topological polar surface area (TPSA) is 49.9 Å². The highest BCUT2D eigenvalue weighted by molar-refractivity contribution is 6.35. The summed E-state index contributed by atoms with van der Waals surface area (Å²) < 4.78 is 5.23. The van der Waals surface area contributed by atoms with Gasteiger partial charge in [0.05, 0.1) is 23.1 Å². The first-order valence-electron chi connectivity index (χ1n) is 10.1. The maximum atomic E-state index is 13.4. The molecule has 0 aromatic heterocycles. The van der Waals surface area contributed by atoms with E-state index in [1.54, 1.807) is 23.1 Å². The molecule has 7 heteroatoms. The second-order valence-electron chi connectivity index (χ2n) is 7.93. The molecular weight excluding hydrogens is 423 g/mol. The van der Waals surface area contributed by atoms with Gasteiger partial charge < -0.3 is 14.5 Å². The van der Waals surface area contributed by atoms with Gasteiger partial charge in [0.2, 0.25) is 5.91 Å². The predicted octanol–water partition coefficient (Wildman–Crippen LogP) is 5.05. The Bertz CT molecular complexity index is 971. The zero-order chi connectivity index (χ0) is 21.3. The standard InChI is InChI=1S/C23H24Cl2N2O3/c1-30-19-8-3-7-18(20(19)25)21(28)26-13-10-23(11-14-26)9-4-12-27(22(23)29)17-6-2-5-16(24)15-17/h2-3,5-8,15H,4,9-14H2,1H3. The Labute approximate surface area is 186 Å². The van der Waals surface area contributed by atoms with Crippen LogP contribution in [0, 0.1) is 5.41 Å². The molecule has 2 aromatic carbocycles. The number of hydrogen-bond acceptors (Lipinski definition) is 3. The Hall–Kier alpha value is -2.24. The van der Waals surface area contributed by atoms with Gasteiger partial charge in [-0.1, -0.05) is 35.3 Å². The van der Waals surface area contributed by atoms with Crippen molar-refractivity contribution in [2.75, 3.05) is 31.6 Å². The number of anilines is 1. The first-order chi connectivity index (χ1) is 14.4. The maximum Gasteiger partial charge on any atom is 0.255 e. The van der Waals surface area contributed by atoms with E-state index in [2.05, 4.69) is 0 Å². The number of rotatable bonds is 3. The highest BCUT2D eigenvalue weighted by atomic mass is 35.5. The van der Waals surface area contributed by atoms with Gasteiger partial charge in [-0.2, -0.15) is 0 Å². The Kier molecular flexibility index (Phi) is 5.94. The Morgan fingerprint density at radius 1 is 1.03 bits per heavy atom. The van der Waals surface area contributed by atoms with E-state index in [4.69, 9.17) is 27.9 Å². The Morgan fingerprint density at radius 3 is 2.47 bits per heavy atom. The summed E-state index contributed by atoms with van der Waals surface area (Å²) in [5.74, 6) is 0.502. The second kappa shape index (κ2) is 8.48. The number of ether oxygens (including phenoxy) is 1. The minimum absolute atomic E-state index is 0.122. The van der Waals surface area contributed by atoms with Crippen LogP contribution in [0.25, 0.3) is 0 Å². The van der Waals surface area contributed by atoms with Gasteiger partial charge in [-0.15, -0.1) is 0 Å². The number of hydrogen-bond donors (Lipinski definition) is 0. The summed E-state index contributed by atoms with van der Waals surface area (Å²) in [6.45, 7) is 1.76. The third kappa shape index (κ3) is 3.77. The monoisotopic (exact) mass is 446 g/mol. The van der Waals surface area contributed by atoms with Crippen molar-refractivity contribution in [2.45, 2.75) is 25.7 Å². The van der Waals surface area contributed by atoms with Crippen molar-refractivity contribution in [1.29, 1.82) is 0 Å². The molecule has 5 nitrogen and oxygen atoms in total. The number of amides is 2. The van der Waals surface area contributed by atoms with Crippen LogP contribution in [0.5, 0.6) is 5.75 Å². The largest absolute Gasteiger partial charge is 0.495 e. The molecule has 0 aliphatic carbocycles. The normalized spacial score (nSPS) is 18.6. The van der Waals surface area contributed by atoms with Gasteiger partial charge in [-0.05, 0) is 56.0 Å². The maximum absolute atomic E-state index is 13.4. The number of halogens is 2. The second-order valence-corrected chi connectivity index (χ2v) is 8.75. The Morgan fingerprint density at radius 2 is 1.77 bits per heavy atom. The van der Waals surface area contributed by atoms with E-state index in [1.807, 2.05) is 29.2 Å². The van der Waals surface area contributed by atoms with Crippen molar-refractivity contribution in [1.82, 2.24) is 4.90 Å². The first kappa shape index (κ1) is 21.0. The van der Waals surface area contributed by atoms with E-state index in [0.29, 0.717) is 53.8 Å². The molecular formula is C23H24Cl2N2O3. The lowest BCUT2D eigenvalue weighted by Crippen LogP contribution is -2.54. The summed E-state index contributed by atoms with van der Waals surface area (Å²) in [7, 11) is 1.53. The van der Waals surface area contributed by atoms with Crippen molar-refractivity contribution in [3.05, 3.63) is 58.1 Å². The van der Waals surface area contributed by atoms with Crippen LogP contribution in [0.1, 0.15) is 36.0 Å². The van der Waals surface area contributed by atoms with Crippen LogP contribution in [-0.2, 0) is 4.79 Å². The summed E-state index contributed by atoms with van der Waals surface area (Å²) in [4.78, 5) is 30.1. The molecule has 2 aliphatic rings. The van der Waals surface area contributed by atoms with Crippen LogP contribution in [0.2, 0.25) is 10.0 Å². The Balaban J connectivity index is 1.49. The molecule has 0 atom stereocenters. The number of piperidine rings is 2. The first-order valence-corrected chi connectivity index (χ1v) is 10.9. The fourth-order valence-electron chi connectivity index (χ4n) is 4.57. The fraction of sp³-hybridized carbons (Fsp3) is 0.391. The molecule has 0 N–H and O–H groups in total. The zero-order valence-corrected chi connectivity index (χ0v) is 18.4. The van der Waals surface area contributed by atoms with Gasteiger partial charge in [0.15, 0.2) is 0 Å². The highest BCUT2D eigenvalue weighted by Crippen LogP contribution is 2.43. The quantitative estimate of drug-likeness (QED) is 0.662. The molecule has 1 spiro atoms. The van der Waals surface area contributed by atoms with Gasteiger partial charge in [0, 0.05) is 30.3 Å². The van der Waals surface area contributed by atoms with E-state index in [-0.39, 0.29) is 11.8 Å². The van der Waals surface area contributed by atoms with Crippen LogP contribution in [0.15, 0.2) is 42.5 Å². The zero-order valence-electron chi connectivity index (χ0n) is 16.9. The molecule has 30 heavy (non-hydrogen) atoms. The molecule has 2 saturated heterocycles. The van der Waals surface area contributed by atoms with Crippen LogP contribution in [-0.4, -0.2) is 43.5 Å². The number of carbonyl (C=O) groups is 2. The molecule has 2 aromatic rings. The van der Waals surface area contributed by atoms with Crippen molar-refractivity contribution in [3.8, 4) is 5.75 Å². The van der Waals surface area contributed by atoms with Gasteiger partial charge >= 0.3 is 0 Å². The molecule has 2 aliphatic heterocycles. The summed E-state index contributed by atoms with van der Waals surface area (Å²) >= 11 is 12.5. The molecule has 0 saturated carbocycles. The van der Waals surface area contributed by atoms with Gasteiger partial charge in [-0.25, -0.2) is 0 Å². The average Bonchev–Trinajstić information content (AvgIpc) is 2.76. The number of benzene rings is 2. The van der Waals surface area contributed by atoms with Gasteiger partial charge in [0.25, 0.3) is 5.91 Å². The molecule has 2 amide bonds. The lowest BCUT2D eigenvalue weighted by molar-refractivity contribution is -0.133. The molecule has 4 rings (SSSR count). The number of likely N-dealkylation sites (tertiary alicyclic amines) is 1. The summed E-state index contributed by atoms with van der Waals surface area (Å²) in [5, 5.41) is 0.946. The lowest BCUT2D eigenvalue weighted by Gasteiger charge is -2.46. The third-order valence-corrected chi connectivity index (χ3v) is 6.90. The molecule has 2 fully saturated rings. The number of carbonyl (C=O) groups excluding carboxylic acids is 2. The van der Waals surface area contributed by atoms with Gasteiger partial charge in [0.1, 0.15) is 5.75 Å². The van der Waals surface area contributed by atoms with Crippen molar-refractivity contribution in [2.24, 2.45) is 5.41 Å². The van der Waals surface area contributed by atoms with E-state index in [0.717, 1.165) is 18.5 Å². The SMILES string of the molecule is COc1cccc(C(=O)N2CCC3(CCCN(c4cccc(Cl)c4)C3=O)CC2)c1Cl.